The van der Waals surface area contributed by atoms with Crippen LogP contribution >= 0.6 is 0 Å². The highest BCUT2D eigenvalue weighted by atomic mass is 16.2. The van der Waals surface area contributed by atoms with Gasteiger partial charge < -0.3 is 16.0 Å². The monoisotopic (exact) mass is 249 g/mol. The average Bonchev–Trinajstić information content (AvgIpc) is 2.36. The number of benzene rings is 1. The van der Waals surface area contributed by atoms with Crippen LogP contribution < -0.4 is 11.1 Å². The Bertz CT molecular complexity index is 414. The SMILES string of the molecule is CCN(CC)C(=O)C(C)Nc1cccc(C)c1N. The molecule has 0 heterocycles. The number of nitrogens with zero attached hydrogens (tertiary/aromatic N) is 1. The van der Waals surface area contributed by atoms with Crippen molar-refractivity contribution in [2.75, 3.05) is 24.1 Å². The van der Waals surface area contributed by atoms with Gasteiger partial charge in [-0.05, 0) is 39.3 Å². The Hall–Kier alpha value is -1.71. The number of likely N-dealkylation sites (N-methyl/N-ethyl adjacent to an activating group) is 1. The van der Waals surface area contributed by atoms with Crippen LogP contribution in [0.3, 0.4) is 0 Å². The Kier molecular flexibility index (Phi) is 5.01. The van der Waals surface area contributed by atoms with E-state index in [1.54, 1.807) is 0 Å². The standard InChI is InChI=1S/C14H23N3O/c1-5-17(6-2)14(18)11(4)16-12-9-7-8-10(3)13(12)15/h7-9,11,16H,5-6,15H2,1-4H3. The number of anilines is 2. The van der Waals surface area contributed by atoms with Crippen molar-refractivity contribution in [1.82, 2.24) is 4.90 Å². The second kappa shape index (κ2) is 6.28. The maximum atomic E-state index is 12.1. The van der Waals surface area contributed by atoms with E-state index in [0.29, 0.717) is 5.69 Å². The summed E-state index contributed by atoms with van der Waals surface area (Å²) in [5.41, 5.74) is 8.53. The number of carbonyl (C=O) groups excluding carboxylic acids is 1. The van der Waals surface area contributed by atoms with E-state index in [4.69, 9.17) is 5.73 Å². The van der Waals surface area contributed by atoms with Crippen LogP contribution in [-0.2, 0) is 4.79 Å². The molecular weight excluding hydrogens is 226 g/mol. The zero-order valence-electron chi connectivity index (χ0n) is 11.7. The molecule has 0 radical (unpaired) electrons. The largest absolute Gasteiger partial charge is 0.397 e. The summed E-state index contributed by atoms with van der Waals surface area (Å²) in [6.45, 7) is 9.24. The minimum Gasteiger partial charge on any atom is -0.397 e. The van der Waals surface area contributed by atoms with E-state index in [-0.39, 0.29) is 11.9 Å². The van der Waals surface area contributed by atoms with Gasteiger partial charge in [0.15, 0.2) is 0 Å². The summed E-state index contributed by atoms with van der Waals surface area (Å²) in [6, 6.07) is 5.52. The Balaban J connectivity index is 2.78. The number of nitrogens with one attached hydrogen (secondary N) is 1. The lowest BCUT2D eigenvalue weighted by Crippen LogP contribution is -2.41. The highest BCUT2D eigenvalue weighted by molar-refractivity contribution is 5.85. The first kappa shape index (κ1) is 14.4. The highest BCUT2D eigenvalue weighted by Gasteiger charge is 2.18. The number of rotatable bonds is 5. The molecule has 18 heavy (non-hydrogen) atoms. The third-order valence-electron chi connectivity index (χ3n) is 3.14. The molecule has 3 N–H and O–H groups in total. The molecule has 0 spiro atoms. The van der Waals surface area contributed by atoms with Crippen LogP contribution in [0, 0.1) is 6.92 Å². The lowest BCUT2D eigenvalue weighted by Gasteiger charge is -2.24. The molecule has 1 atom stereocenters. The molecular formula is C14H23N3O. The van der Waals surface area contributed by atoms with Crippen LogP contribution in [0.1, 0.15) is 26.3 Å². The summed E-state index contributed by atoms with van der Waals surface area (Å²) in [6.07, 6.45) is 0. The molecule has 1 amide bonds. The molecule has 4 heteroatoms. The maximum Gasteiger partial charge on any atom is 0.244 e. The fourth-order valence-electron chi connectivity index (χ4n) is 1.91. The molecule has 1 unspecified atom stereocenters. The van der Waals surface area contributed by atoms with Crippen LogP contribution in [0.25, 0.3) is 0 Å². The van der Waals surface area contributed by atoms with E-state index in [1.807, 2.05) is 50.8 Å². The third-order valence-corrected chi connectivity index (χ3v) is 3.14. The molecule has 1 aromatic rings. The van der Waals surface area contributed by atoms with E-state index < -0.39 is 0 Å². The third kappa shape index (κ3) is 3.15. The number of hydrogen-bond donors (Lipinski definition) is 2. The van der Waals surface area contributed by atoms with Gasteiger partial charge in [-0.2, -0.15) is 0 Å². The molecule has 1 aromatic carbocycles. The van der Waals surface area contributed by atoms with Crippen molar-refractivity contribution in [3.05, 3.63) is 23.8 Å². The molecule has 0 aromatic heterocycles. The predicted octanol–water partition coefficient (Wildman–Crippen LogP) is 2.25. The van der Waals surface area contributed by atoms with Gasteiger partial charge in [-0.1, -0.05) is 12.1 Å². The van der Waals surface area contributed by atoms with Crippen molar-refractivity contribution < 1.29 is 4.79 Å². The zero-order chi connectivity index (χ0) is 13.7. The summed E-state index contributed by atoms with van der Waals surface area (Å²) in [5.74, 6) is 0.0981. The highest BCUT2D eigenvalue weighted by Crippen LogP contribution is 2.22. The van der Waals surface area contributed by atoms with Gasteiger partial charge >= 0.3 is 0 Å². The molecule has 100 valence electrons. The van der Waals surface area contributed by atoms with Gasteiger partial charge in [0.05, 0.1) is 11.4 Å². The van der Waals surface area contributed by atoms with E-state index in [9.17, 15) is 4.79 Å². The molecule has 0 aliphatic rings. The van der Waals surface area contributed by atoms with Crippen molar-refractivity contribution in [2.24, 2.45) is 0 Å². The lowest BCUT2D eigenvalue weighted by molar-refractivity contribution is -0.131. The van der Waals surface area contributed by atoms with E-state index >= 15 is 0 Å². The normalized spacial score (nSPS) is 12.0. The van der Waals surface area contributed by atoms with Crippen LogP contribution in [0.2, 0.25) is 0 Å². The molecule has 0 saturated heterocycles. The summed E-state index contributed by atoms with van der Waals surface area (Å²) < 4.78 is 0. The molecule has 0 aliphatic carbocycles. The number of nitrogens with two attached hydrogens (primary N) is 1. The number of amides is 1. The fourth-order valence-corrected chi connectivity index (χ4v) is 1.91. The van der Waals surface area contributed by atoms with Crippen molar-refractivity contribution in [3.63, 3.8) is 0 Å². The Morgan fingerprint density at radius 2 is 2.00 bits per heavy atom. The van der Waals surface area contributed by atoms with E-state index in [2.05, 4.69) is 5.32 Å². The predicted molar refractivity (Wildman–Crippen MR) is 76.6 cm³/mol. The Morgan fingerprint density at radius 3 is 2.56 bits per heavy atom. The van der Waals surface area contributed by atoms with Gasteiger partial charge in [0.2, 0.25) is 5.91 Å². The quantitative estimate of drug-likeness (QED) is 0.787. The van der Waals surface area contributed by atoms with Gasteiger partial charge in [-0.25, -0.2) is 0 Å². The Morgan fingerprint density at radius 1 is 1.39 bits per heavy atom. The molecule has 0 saturated carbocycles. The molecule has 1 rings (SSSR count). The van der Waals surface area contributed by atoms with Crippen molar-refractivity contribution in [1.29, 1.82) is 0 Å². The van der Waals surface area contributed by atoms with Gasteiger partial charge in [-0.15, -0.1) is 0 Å². The molecule has 0 aliphatic heterocycles. The number of carbonyl (C=O) groups is 1. The lowest BCUT2D eigenvalue weighted by atomic mass is 10.1. The maximum absolute atomic E-state index is 12.1. The van der Waals surface area contributed by atoms with Gasteiger partial charge in [-0.3, -0.25) is 4.79 Å². The minimum absolute atomic E-state index is 0.0981. The first-order valence-electron chi connectivity index (χ1n) is 6.41. The van der Waals surface area contributed by atoms with Crippen LogP contribution in [0.4, 0.5) is 11.4 Å². The second-order valence-electron chi connectivity index (χ2n) is 4.41. The van der Waals surface area contributed by atoms with Crippen LogP contribution in [0.15, 0.2) is 18.2 Å². The summed E-state index contributed by atoms with van der Waals surface area (Å²) in [5, 5.41) is 3.18. The molecule has 0 bridgehead atoms. The Labute approximate surface area is 109 Å². The van der Waals surface area contributed by atoms with Crippen molar-refractivity contribution >= 4 is 17.3 Å². The van der Waals surface area contributed by atoms with Crippen LogP contribution in [0.5, 0.6) is 0 Å². The summed E-state index contributed by atoms with van der Waals surface area (Å²) >= 11 is 0. The summed E-state index contributed by atoms with van der Waals surface area (Å²) in [4.78, 5) is 13.9. The van der Waals surface area contributed by atoms with Crippen molar-refractivity contribution in [2.45, 2.75) is 33.7 Å². The molecule has 0 fully saturated rings. The first-order valence-corrected chi connectivity index (χ1v) is 6.41. The second-order valence-corrected chi connectivity index (χ2v) is 4.41. The first-order chi connectivity index (χ1) is 8.51. The van der Waals surface area contributed by atoms with Crippen molar-refractivity contribution in [3.8, 4) is 0 Å². The van der Waals surface area contributed by atoms with Crippen LogP contribution in [-0.4, -0.2) is 29.9 Å². The fraction of sp³-hybridized carbons (Fsp3) is 0.500. The summed E-state index contributed by atoms with van der Waals surface area (Å²) in [7, 11) is 0. The van der Waals surface area contributed by atoms with E-state index in [0.717, 1.165) is 24.3 Å². The molecule has 4 nitrogen and oxygen atoms in total. The topological polar surface area (TPSA) is 58.4 Å². The smallest absolute Gasteiger partial charge is 0.244 e. The van der Waals surface area contributed by atoms with E-state index in [1.165, 1.54) is 0 Å². The minimum atomic E-state index is -0.269. The average molecular weight is 249 g/mol. The number of para-hydroxylation sites is 1. The number of aryl methyl sites for hydroxylation is 1. The van der Waals surface area contributed by atoms with Gasteiger partial charge in [0.1, 0.15) is 6.04 Å². The van der Waals surface area contributed by atoms with Gasteiger partial charge in [0.25, 0.3) is 0 Å². The number of hydrogen-bond acceptors (Lipinski definition) is 3. The number of nitrogen functional groups attached to an aromatic ring is 1. The van der Waals surface area contributed by atoms with Gasteiger partial charge in [0, 0.05) is 13.1 Å². The zero-order valence-corrected chi connectivity index (χ0v) is 11.7.